The number of carbonyl (C=O) groups is 1. The summed E-state index contributed by atoms with van der Waals surface area (Å²) in [5.74, 6) is 0. The number of carbonyl (C=O) groups excluding carboxylic acids is 1. The van der Waals surface area contributed by atoms with Crippen LogP contribution in [0.5, 0.6) is 0 Å². The van der Waals surface area contributed by atoms with Crippen molar-refractivity contribution in [2.24, 2.45) is 5.16 Å². The van der Waals surface area contributed by atoms with Crippen LogP contribution in [0.2, 0.25) is 0 Å². The Hall–Kier alpha value is -1.91. The van der Waals surface area contributed by atoms with E-state index in [0.717, 1.165) is 0 Å². The normalized spacial score (nSPS) is 11.0. The highest BCUT2D eigenvalue weighted by Crippen LogP contribution is 2.03. The number of rotatable bonds is 3. The van der Waals surface area contributed by atoms with Crippen molar-refractivity contribution in [1.29, 1.82) is 0 Å². The van der Waals surface area contributed by atoms with Gasteiger partial charge in [-0.2, -0.15) is 0 Å². The fourth-order valence-electron chi connectivity index (χ4n) is 0.814. The molecule has 0 unspecified atom stereocenters. The molecule has 0 spiro atoms. The Labute approximate surface area is 75.2 Å². The molecule has 0 saturated heterocycles. The molecule has 68 valence electrons. The average Bonchev–Trinajstić information content (AvgIpc) is 2.14. The van der Waals surface area contributed by atoms with Gasteiger partial charge in [0.15, 0.2) is 12.0 Å². The van der Waals surface area contributed by atoms with E-state index in [4.69, 9.17) is 5.73 Å². The lowest BCUT2D eigenvalue weighted by Crippen LogP contribution is -2.06. The third-order valence-electron chi connectivity index (χ3n) is 1.35. The molecule has 0 amide bonds. The van der Waals surface area contributed by atoms with Gasteiger partial charge >= 0.3 is 0 Å². The van der Waals surface area contributed by atoms with E-state index in [2.05, 4.69) is 15.0 Å². The van der Waals surface area contributed by atoms with Gasteiger partial charge in [0.1, 0.15) is 7.11 Å². The minimum atomic E-state index is 0.120. The van der Waals surface area contributed by atoms with E-state index in [1.54, 1.807) is 12.1 Å². The summed E-state index contributed by atoms with van der Waals surface area (Å²) in [5.41, 5.74) is 6.54. The zero-order valence-corrected chi connectivity index (χ0v) is 7.10. The zero-order chi connectivity index (χ0) is 9.68. The number of hydrogen-bond acceptors (Lipinski definition) is 5. The van der Waals surface area contributed by atoms with Gasteiger partial charge in [0.2, 0.25) is 0 Å². The molecule has 0 aliphatic heterocycles. The molecule has 0 aliphatic carbocycles. The van der Waals surface area contributed by atoms with Gasteiger partial charge in [0, 0.05) is 11.9 Å². The van der Waals surface area contributed by atoms with E-state index in [9.17, 15) is 4.79 Å². The topological polar surface area (TPSA) is 77.6 Å². The van der Waals surface area contributed by atoms with E-state index < -0.39 is 0 Å². The molecule has 13 heavy (non-hydrogen) atoms. The molecule has 0 aliphatic rings. The number of nitrogens with zero attached hydrogens (tertiary/aromatic N) is 2. The second kappa shape index (κ2) is 4.20. The van der Waals surface area contributed by atoms with Crippen LogP contribution in [0.3, 0.4) is 0 Å². The molecule has 5 heteroatoms. The van der Waals surface area contributed by atoms with Crippen molar-refractivity contribution in [1.82, 2.24) is 4.98 Å². The number of aromatic nitrogens is 1. The summed E-state index contributed by atoms with van der Waals surface area (Å²) in [4.78, 5) is 18.9. The van der Waals surface area contributed by atoms with Gasteiger partial charge in [0.05, 0.1) is 5.69 Å². The second-order valence-electron chi connectivity index (χ2n) is 2.25. The number of anilines is 1. The summed E-state index contributed by atoms with van der Waals surface area (Å²) in [5, 5.41) is 3.48. The van der Waals surface area contributed by atoms with Crippen LogP contribution in [0, 0.1) is 0 Å². The Morgan fingerprint density at radius 2 is 2.54 bits per heavy atom. The Kier molecular flexibility index (Phi) is 2.97. The van der Waals surface area contributed by atoms with Gasteiger partial charge in [0.25, 0.3) is 0 Å². The quantitative estimate of drug-likeness (QED) is 0.409. The SMILES string of the molecule is CON=C(C=O)c1cc(N)ccn1. The van der Waals surface area contributed by atoms with Crippen LogP contribution in [-0.2, 0) is 9.63 Å². The summed E-state index contributed by atoms with van der Waals surface area (Å²) in [7, 11) is 1.36. The predicted octanol–water partition coefficient (Wildman–Crippen LogP) is 0.213. The van der Waals surface area contributed by atoms with E-state index >= 15 is 0 Å². The lowest BCUT2D eigenvalue weighted by molar-refractivity contribution is -0.102. The average molecular weight is 179 g/mol. The van der Waals surface area contributed by atoms with E-state index in [1.165, 1.54) is 13.3 Å². The minimum Gasteiger partial charge on any atom is -0.399 e. The highest BCUT2D eigenvalue weighted by molar-refractivity contribution is 6.35. The lowest BCUT2D eigenvalue weighted by atomic mass is 10.2. The lowest BCUT2D eigenvalue weighted by Gasteiger charge is -1.98. The van der Waals surface area contributed by atoms with E-state index in [-0.39, 0.29) is 5.71 Å². The van der Waals surface area contributed by atoms with Crippen LogP contribution >= 0.6 is 0 Å². The maximum Gasteiger partial charge on any atom is 0.174 e. The number of nitrogen functional groups attached to an aromatic ring is 1. The number of oxime groups is 1. The van der Waals surface area contributed by atoms with Crippen LogP contribution in [-0.4, -0.2) is 24.1 Å². The maximum atomic E-state index is 10.5. The predicted molar refractivity (Wildman–Crippen MR) is 48.3 cm³/mol. The first-order chi connectivity index (χ1) is 6.27. The van der Waals surface area contributed by atoms with Gasteiger partial charge in [-0.1, -0.05) is 5.16 Å². The summed E-state index contributed by atoms with van der Waals surface area (Å²) in [6, 6.07) is 3.17. The van der Waals surface area contributed by atoms with Crippen molar-refractivity contribution in [2.75, 3.05) is 12.8 Å². The van der Waals surface area contributed by atoms with Crippen LogP contribution in [0.15, 0.2) is 23.5 Å². The summed E-state index contributed by atoms with van der Waals surface area (Å²) in [6.45, 7) is 0. The van der Waals surface area contributed by atoms with Crippen molar-refractivity contribution in [3.8, 4) is 0 Å². The Bertz CT molecular complexity index is 336. The molecule has 1 heterocycles. The van der Waals surface area contributed by atoms with Crippen LogP contribution in [0.25, 0.3) is 0 Å². The van der Waals surface area contributed by atoms with Crippen molar-refractivity contribution in [3.05, 3.63) is 24.0 Å². The highest BCUT2D eigenvalue weighted by atomic mass is 16.6. The minimum absolute atomic E-state index is 0.120. The zero-order valence-electron chi connectivity index (χ0n) is 7.10. The third kappa shape index (κ3) is 2.26. The molecule has 0 radical (unpaired) electrons. The van der Waals surface area contributed by atoms with Crippen LogP contribution in [0.1, 0.15) is 5.69 Å². The van der Waals surface area contributed by atoms with Crippen LogP contribution in [0.4, 0.5) is 5.69 Å². The fourth-order valence-corrected chi connectivity index (χ4v) is 0.814. The molecule has 0 aromatic carbocycles. The molecule has 0 atom stereocenters. The number of aldehydes is 1. The molecular weight excluding hydrogens is 170 g/mol. The number of hydrogen-bond donors (Lipinski definition) is 1. The van der Waals surface area contributed by atoms with E-state index in [0.29, 0.717) is 17.7 Å². The van der Waals surface area contributed by atoms with Crippen molar-refractivity contribution in [3.63, 3.8) is 0 Å². The van der Waals surface area contributed by atoms with Crippen molar-refractivity contribution in [2.45, 2.75) is 0 Å². The molecular formula is C8H9N3O2. The molecule has 2 N–H and O–H groups in total. The van der Waals surface area contributed by atoms with Crippen LogP contribution < -0.4 is 5.73 Å². The third-order valence-corrected chi connectivity index (χ3v) is 1.35. The number of pyridine rings is 1. The largest absolute Gasteiger partial charge is 0.399 e. The Balaban J connectivity index is 3.05. The summed E-state index contributed by atoms with van der Waals surface area (Å²) < 4.78 is 0. The Morgan fingerprint density at radius 3 is 3.08 bits per heavy atom. The first kappa shape index (κ1) is 9.18. The summed E-state index contributed by atoms with van der Waals surface area (Å²) >= 11 is 0. The molecule has 1 aromatic rings. The standard InChI is InChI=1S/C8H9N3O2/c1-13-11-8(5-12)7-4-6(9)2-3-10-7/h2-5H,1H3,(H2,9,10). The molecule has 0 bridgehead atoms. The first-order valence-electron chi connectivity index (χ1n) is 3.56. The van der Waals surface area contributed by atoms with Gasteiger partial charge in [-0.3, -0.25) is 9.78 Å². The fraction of sp³-hybridized carbons (Fsp3) is 0.125. The van der Waals surface area contributed by atoms with E-state index in [1.807, 2.05) is 0 Å². The summed E-state index contributed by atoms with van der Waals surface area (Å²) in [6.07, 6.45) is 2.06. The Morgan fingerprint density at radius 1 is 1.77 bits per heavy atom. The smallest absolute Gasteiger partial charge is 0.174 e. The molecule has 5 nitrogen and oxygen atoms in total. The molecule has 0 fully saturated rings. The van der Waals surface area contributed by atoms with Gasteiger partial charge in [-0.05, 0) is 12.1 Å². The number of nitrogens with two attached hydrogens (primary N) is 1. The monoisotopic (exact) mass is 179 g/mol. The van der Waals surface area contributed by atoms with Gasteiger partial charge in [-0.15, -0.1) is 0 Å². The molecule has 1 aromatic heterocycles. The molecule has 0 saturated carbocycles. The molecule has 1 rings (SSSR count). The van der Waals surface area contributed by atoms with Gasteiger partial charge in [-0.25, -0.2) is 0 Å². The second-order valence-corrected chi connectivity index (χ2v) is 2.25. The maximum absolute atomic E-state index is 10.5. The van der Waals surface area contributed by atoms with Crippen molar-refractivity contribution >= 4 is 17.7 Å². The first-order valence-corrected chi connectivity index (χ1v) is 3.56. The van der Waals surface area contributed by atoms with Crippen molar-refractivity contribution < 1.29 is 9.63 Å². The highest BCUT2D eigenvalue weighted by Gasteiger charge is 2.04. The van der Waals surface area contributed by atoms with Gasteiger partial charge < -0.3 is 10.6 Å².